The van der Waals surface area contributed by atoms with Crippen LogP contribution in [0.2, 0.25) is 0 Å². The number of nitrogens with zero attached hydrogens (tertiary/aromatic N) is 7. The fourth-order valence-electron chi connectivity index (χ4n) is 5.78. The molecule has 268 valence electrons. The van der Waals surface area contributed by atoms with Crippen molar-refractivity contribution in [3.63, 3.8) is 0 Å². The van der Waals surface area contributed by atoms with Gasteiger partial charge in [0.1, 0.15) is 21.4 Å². The molecule has 0 bridgehead atoms. The third-order valence-electron chi connectivity index (χ3n) is 9.17. The van der Waals surface area contributed by atoms with Crippen LogP contribution in [0.3, 0.4) is 0 Å². The number of carbonyl (C=O) groups is 3. The molecule has 54 heavy (non-hydrogen) atoms. The van der Waals surface area contributed by atoms with Gasteiger partial charge in [0.15, 0.2) is 21.3 Å². The largest absolute Gasteiger partial charge is 0.390 e. The molecular weight excluding hydrogens is 708 g/mol. The van der Waals surface area contributed by atoms with E-state index in [1.165, 1.54) is 44.6 Å². The topological polar surface area (TPSA) is 213 Å². The maximum absolute atomic E-state index is 13.8. The minimum Gasteiger partial charge on any atom is -0.390 e. The molecule has 3 aromatic heterocycles. The second-order valence-corrected chi connectivity index (χ2v) is 15.4. The molecule has 2 aliphatic rings. The van der Waals surface area contributed by atoms with E-state index in [-0.39, 0.29) is 51.1 Å². The first-order chi connectivity index (χ1) is 25.3. The van der Waals surface area contributed by atoms with Crippen molar-refractivity contribution in [3.8, 4) is 11.3 Å². The molecule has 1 atom stereocenters. The lowest BCUT2D eigenvalue weighted by molar-refractivity contribution is -0.117. The first-order valence-electron chi connectivity index (χ1n) is 16.7. The molecule has 1 saturated carbocycles. The molecule has 1 aliphatic heterocycles. The summed E-state index contributed by atoms with van der Waals surface area (Å²) in [4.78, 5) is 55.7. The Labute approximate surface area is 316 Å². The molecule has 4 aromatic rings. The lowest BCUT2D eigenvalue weighted by Gasteiger charge is -2.38. The van der Waals surface area contributed by atoms with Crippen LogP contribution in [0.4, 0.5) is 22.9 Å². The zero-order valence-corrected chi connectivity index (χ0v) is 30.5. The number of hydrogen-bond acceptors (Lipinski definition) is 13. The van der Waals surface area contributed by atoms with Gasteiger partial charge in [-0.1, -0.05) is 19.1 Å². The summed E-state index contributed by atoms with van der Waals surface area (Å²) in [5, 5.41) is 23.7. The van der Waals surface area contributed by atoms with E-state index in [2.05, 4.69) is 35.8 Å². The molecule has 1 aliphatic carbocycles. The Kier molecular flexibility index (Phi) is 10.1. The van der Waals surface area contributed by atoms with Crippen LogP contribution in [0.15, 0.2) is 53.7 Å². The highest BCUT2D eigenvalue weighted by molar-refractivity contribution is 7.91. The number of hydrogen-bond donors (Lipinski definition) is 4. The third-order valence-corrected chi connectivity index (χ3v) is 10.9. The van der Waals surface area contributed by atoms with E-state index in [1.807, 2.05) is 17.1 Å². The summed E-state index contributed by atoms with van der Waals surface area (Å²) in [6.45, 7) is 3.36. The number of nitrogens with one attached hydrogen (secondary N) is 3. The van der Waals surface area contributed by atoms with E-state index >= 15 is 0 Å². The lowest BCUT2D eigenvalue weighted by Crippen LogP contribution is -2.49. The zero-order chi connectivity index (χ0) is 39.3. The van der Waals surface area contributed by atoms with E-state index in [9.17, 15) is 27.9 Å². The Morgan fingerprint density at radius 2 is 1.78 bits per heavy atom. The van der Waals surface area contributed by atoms with Gasteiger partial charge in [-0.15, -0.1) is 10.2 Å². The Morgan fingerprint density at radius 1 is 1.06 bits per heavy atom. The van der Waals surface area contributed by atoms with Gasteiger partial charge in [-0.2, -0.15) is 0 Å². The summed E-state index contributed by atoms with van der Waals surface area (Å²) in [6, 6.07) is 8.81. The molecule has 1 aromatic carbocycles. The quantitative estimate of drug-likeness (QED) is 0.123. The number of para-hydroxylation sites is 1. The molecule has 1 fully saturated rings. The molecule has 6 rings (SSSR count). The number of aliphatic hydroxyl groups is 1. The van der Waals surface area contributed by atoms with E-state index < -0.39 is 38.6 Å². The van der Waals surface area contributed by atoms with Gasteiger partial charge in [0.25, 0.3) is 11.8 Å². The number of sulfone groups is 1. The second-order valence-electron chi connectivity index (χ2n) is 13.1. The molecule has 1 unspecified atom stereocenters. The molecule has 4 heterocycles. The van der Waals surface area contributed by atoms with Crippen molar-refractivity contribution < 1.29 is 27.9 Å². The van der Waals surface area contributed by atoms with Gasteiger partial charge in [-0.3, -0.25) is 24.4 Å². The minimum atomic E-state index is -3.61. The normalized spacial score (nSPS) is 15.4. The number of aromatic nitrogens is 5. The summed E-state index contributed by atoms with van der Waals surface area (Å²) in [6.07, 6.45) is 4.06. The highest BCUT2D eigenvalue weighted by Crippen LogP contribution is 2.47. The van der Waals surface area contributed by atoms with Crippen molar-refractivity contribution in [1.29, 1.82) is 0 Å². The Hall–Kier alpha value is -5.29. The Bertz CT molecular complexity index is 2290. The van der Waals surface area contributed by atoms with Gasteiger partial charge >= 0.3 is 0 Å². The van der Waals surface area contributed by atoms with Gasteiger partial charge in [0.05, 0.1) is 67.0 Å². The number of amides is 3. The highest BCUT2D eigenvalue weighted by Gasteiger charge is 2.36. The highest BCUT2D eigenvalue weighted by atomic mass is 32.2. The molecule has 3 amide bonds. The fraction of sp³-hybridized carbons (Fsp3) is 0.333. The lowest BCUT2D eigenvalue weighted by atomic mass is 9.58. The van der Waals surface area contributed by atoms with Crippen LogP contribution < -0.4 is 20.9 Å². The van der Waals surface area contributed by atoms with Crippen LogP contribution in [0.25, 0.3) is 11.3 Å². The number of fused-ring (bicyclic) bond motifs is 3. The van der Waals surface area contributed by atoms with Crippen molar-refractivity contribution in [2.45, 2.75) is 48.5 Å². The predicted octanol–water partition coefficient (Wildman–Crippen LogP) is 0.615. The average molecular weight is 740 g/mol. The number of rotatable bonds is 11. The van der Waals surface area contributed by atoms with Gasteiger partial charge in [0.2, 0.25) is 5.91 Å². The van der Waals surface area contributed by atoms with Crippen molar-refractivity contribution in [2.24, 2.45) is 5.92 Å². The summed E-state index contributed by atoms with van der Waals surface area (Å²) < 4.78 is 25.0. The van der Waals surface area contributed by atoms with Gasteiger partial charge in [-0.05, 0) is 38.0 Å². The number of anilines is 4. The SMILES string of the molecule is [B]C([B])(O)NC(=O)c1nnc(NC(=O)C2CC2)cc1Nc1cccc2c1N(C)C(C)c1nc(C(=O)N(C)C([B])([B])c3cc(S(=O)(=O)CC)ccn3)cnc1-2. The van der Waals surface area contributed by atoms with E-state index in [0.29, 0.717) is 28.3 Å². The van der Waals surface area contributed by atoms with Crippen LogP contribution in [0.1, 0.15) is 65.1 Å². The van der Waals surface area contributed by atoms with Crippen molar-refractivity contribution in [3.05, 3.63) is 71.6 Å². The Balaban J connectivity index is 1.34. The smallest absolute Gasteiger partial charge is 0.274 e. The summed E-state index contributed by atoms with van der Waals surface area (Å²) in [7, 11) is 23.1. The van der Waals surface area contributed by atoms with E-state index in [1.54, 1.807) is 25.2 Å². The minimum absolute atomic E-state index is 0.0344. The molecule has 4 N–H and O–H groups in total. The molecule has 21 heteroatoms. The maximum Gasteiger partial charge on any atom is 0.274 e. The van der Waals surface area contributed by atoms with Crippen molar-refractivity contribution in [1.82, 2.24) is 35.4 Å². The number of pyridine rings is 1. The van der Waals surface area contributed by atoms with Gasteiger partial charge in [0, 0.05) is 54.4 Å². The molecule has 8 radical (unpaired) electrons. The zero-order valence-electron chi connectivity index (χ0n) is 29.7. The standard InChI is InChI=1S/C33H32B4N10O6S/c1-5-54(52,53)18-11-12-38-23(13-18)32(34,35)47(4)31(50)22-15-39-26-19-7-6-8-20(28(19)46(3)16(2)25(26)41-22)40-21-14-24(42-29(48)17-9-10-17)44-45-27(21)30(49)43-33(36,37)51/h6-8,11-17,51H,5,9-10H2,1-4H3,(H,43,49)(H2,40,42,44,48). The van der Waals surface area contributed by atoms with Crippen LogP contribution in [-0.2, 0) is 20.0 Å². The number of carbonyl (C=O) groups excluding carboxylic acids is 3. The van der Waals surface area contributed by atoms with Crippen LogP contribution in [0.5, 0.6) is 0 Å². The van der Waals surface area contributed by atoms with E-state index in [0.717, 1.165) is 17.7 Å². The first kappa shape index (κ1) is 38.4. The summed E-state index contributed by atoms with van der Waals surface area (Å²) >= 11 is 0. The summed E-state index contributed by atoms with van der Waals surface area (Å²) in [5.41, 5.74) is -0.196. The van der Waals surface area contributed by atoms with Crippen molar-refractivity contribution in [2.75, 3.05) is 35.4 Å². The van der Waals surface area contributed by atoms with Crippen LogP contribution in [-0.4, -0.2) is 118 Å². The molecule has 0 spiro atoms. The third kappa shape index (κ3) is 7.55. The molecule has 16 nitrogen and oxygen atoms in total. The van der Waals surface area contributed by atoms with Crippen LogP contribution >= 0.6 is 0 Å². The fourth-order valence-corrected chi connectivity index (χ4v) is 6.67. The van der Waals surface area contributed by atoms with Gasteiger partial charge < -0.3 is 30.9 Å². The monoisotopic (exact) mass is 740 g/mol. The molecule has 0 saturated heterocycles. The number of benzene rings is 1. The van der Waals surface area contributed by atoms with Gasteiger partial charge in [-0.25, -0.2) is 13.4 Å². The Morgan fingerprint density at radius 3 is 2.44 bits per heavy atom. The first-order valence-corrected chi connectivity index (χ1v) is 18.3. The van der Waals surface area contributed by atoms with Crippen molar-refractivity contribution >= 4 is 81.8 Å². The van der Waals surface area contributed by atoms with E-state index in [4.69, 9.17) is 31.4 Å². The summed E-state index contributed by atoms with van der Waals surface area (Å²) in [5.74, 6) is -2.07. The second kappa shape index (κ2) is 14.2. The maximum atomic E-state index is 13.8. The predicted molar refractivity (Wildman–Crippen MR) is 202 cm³/mol. The molecular formula is C33H32B4N10O6S. The average Bonchev–Trinajstić information content (AvgIpc) is 3.98. The van der Waals surface area contributed by atoms with Crippen LogP contribution in [0, 0.1) is 5.92 Å².